The number of benzene rings is 1. The Hall–Kier alpha value is -1.46. The Morgan fingerprint density at radius 2 is 1.95 bits per heavy atom. The summed E-state index contributed by atoms with van der Waals surface area (Å²) in [6.07, 6.45) is 0.730. The molecule has 3 nitrogen and oxygen atoms in total. The van der Waals surface area contributed by atoms with E-state index < -0.39 is 0 Å². The van der Waals surface area contributed by atoms with Crippen molar-refractivity contribution in [2.75, 3.05) is 6.54 Å². The number of Topliss-reactive ketones (excluding diaryl/α,β-unsaturated/α-hetero) is 1. The number of nitrogens with one attached hydrogen (secondary N) is 1. The molecule has 20 heavy (non-hydrogen) atoms. The van der Waals surface area contributed by atoms with E-state index in [4.69, 9.17) is 0 Å². The quantitative estimate of drug-likeness (QED) is 0.835. The average molecular weight is 352 g/mol. The summed E-state index contributed by atoms with van der Waals surface area (Å²) in [6.45, 7) is 2.11. The van der Waals surface area contributed by atoms with Crippen LogP contribution in [0.2, 0.25) is 0 Å². The second-order valence-corrected chi connectivity index (χ2v) is 6.33. The lowest BCUT2D eigenvalue weighted by atomic mass is 10.2. The zero-order chi connectivity index (χ0) is 14.5. The normalized spacial score (nSPS) is 10.3. The molecule has 0 atom stereocenters. The van der Waals surface area contributed by atoms with Gasteiger partial charge in [-0.3, -0.25) is 9.59 Å². The SMILES string of the molecule is CC(=O)c1ccc(CCNC(=O)c2ccccc2Br)s1. The van der Waals surface area contributed by atoms with Crippen LogP contribution in [0.4, 0.5) is 0 Å². The summed E-state index contributed by atoms with van der Waals surface area (Å²) >= 11 is 4.84. The number of carbonyl (C=O) groups excluding carboxylic acids is 2. The Bertz CT molecular complexity index is 636. The van der Waals surface area contributed by atoms with Gasteiger partial charge in [0.25, 0.3) is 5.91 Å². The average Bonchev–Trinajstić information content (AvgIpc) is 2.88. The summed E-state index contributed by atoms with van der Waals surface area (Å²) in [4.78, 5) is 25.0. The lowest BCUT2D eigenvalue weighted by Gasteiger charge is -2.05. The first kappa shape index (κ1) is 14.9. The number of carbonyl (C=O) groups is 2. The highest BCUT2D eigenvalue weighted by atomic mass is 79.9. The number of halogens is 1. The zero-order valence-electron chi connectivity index (χ0n) is 11.0. The fourth-order valence-corrected chi connectivity index (χ4v) is 3.11. The summed E-state index contributed by atoms with van der Waals surface area (Å²) in [5.74, 6) is -0.0145. The summed E-state index contributed by atoms with van der Waals surface area (Å²) in [5, 5.41) is 2.88. The number of amides is 1. The molecule has 0 radical (unpaired) electrons. The number of ketones is 1. The Morgan fingerprint density at radius 1 is 1.20 bits per heavy atom. The predicted molar refractivity (Wildman–Crippen MR) is 84.5 cm³/mol. The first-order valence-corrected chi connectivity index (χ1v) is 7.81. The van der Waals surface area contributed by atoms with Crippen LogP contribution in [0.3, 0.4) is 0 Å². The minimum absolute atomic E-state index is 0.0819. The summed E-state index contributed by atoms with van der Waals surface area (Å²) < 4.78 is 0.785. The fourth-order valence-electron chi connectivity index (χ4n) is 1.74. The molecule has 104 valence electrons. The molecule has 0 aliphatic carbocycles. The minimum Gasteiger partial charge on any atom is -0.352 e. The summed E-state index contributed by atoms with van der Waals surface area (Å²) in [7, 11) is 0. The van der Waals surface area contributed by atoms with Gasteiger partial charge in [-0.05, 0) is 53.5 Å². The van der Waals surface area contributed by atoms with Crippen LogP contribution in [-0.4, -0.2) is 18.2 Å². The molecule has 0 fully saturated rings. The molecule has 0 bridgehead atoms. The van der Waals surface area contributed by atoms with Crippen molar-refractivity contribution in [1.82, 2.24) is 5.32 Å². The van der Waals surface area contributed by atoms with Gasteiger partial charge in [-0.25, -0.2) is 0 Å². The Balaban J connectivity index is 1.88. The van der Waals surface area contributed by atoms with Gasteiger partial charge in [-0.2, -0.15) is 0 Å². The van der Waals surface area contributed by atoms with Crippen molar-refractivity contribution in [2.45, 2.75) is 13.3 Å². The summed E-state index contributed by atoms with van der Waals surface area (Å²) in [5.41, 5.74) is 0.628. The van der Waals surface area contributed by atoms with E-state index in [1.54, 1.807) is 13.0 Å². The van der Waals surface area contributed by atoms with Crippen LogP contribution >= 0.6 is 27.3 Å². The Morgan fingerprint density at radius 3 is 2.60 bits per heavy atom. The van der Waals surface area contributed by atoms with Gasteiger partial charge in [0, 0.05) is 15.9 Å². The molecule has 1 amide bonds. The monoisotopic (exact) mass is 351 g/mol. The lowest BCUT2D eigenvalue weighted by Crippen LogP contribution is -2.25. The van der Waals surface area contributed by atoms with Crippen LogP contribution in [0.1, 0.15) is 31.8 Å². The third kappa shape index (κ3) is 3.77. The number of hydrogen-bond acceptors (Lipinski definition) is 3. The van der Waals surface area contributed by atoms with E-state index in [2.05, 4.69) is 21.2 Å². The summed E-state index contributed by atoms with van der Waals surface area (Å²) in [6, 6.07) is 11.1. The molecule has 0 unspecified atom stereocenters. The van der Waals surface area contributed by atoms with Crippen molar-refractivity contribution in [2.24, 2.45) is 0 Å². The molecule has 0 aliphatic rings. The van der Waals surface area contributed by atoms with Crippen molar-refractivity contribution in [3.8, 4) is 0 Å². The second-order valence-electron chi connectivity index (χ2n) is 4.31. The molecule has 1 aromatic carbocycles. The maximum atomic E-state index is 12.0. The van der Waals surface area contributed by atoms with E-state index >= 15 is 0 Å². The Labute approximate surface area is 130 Å². The first-order valence-electron chi connectivity index (χ1n) is 6.20. The van der Waals surface area contributed by atoms with Crippen molar-refractivity contribution in [3.63, 3.8) is 0 Å². The van der Waals surface area contributed by atoms with Gasteiger partial charge in [-0.1, -0.05) is 12.1 Å². The maximum Gasteiger partial charge on any atom is 0.252 e. The number of hydrogen-bond donors (Lipinski definition) is 1. The molecule has 0 spiro atoms. The van der Waals surface area contributed by atoms with E-state index in [0.29, 0.717) is 12.1 Å². The fraction of sp³-hybridized carbons (Fsp3) is 0.200. The standard InChI is InChI=1S/C15H14BrNO2S/c1-10(18)14-7-6-11(20-14)8-9-17-15(19)12-4-2-3-5-13(12)16/h2-7H,8-9H2,1H3,(H,17,19). The molecule has 1 aromatic heterocycles. The van der Waals surface area contributed by atoms with Gasteiger partial charge in [0.15, 0.2) is 5.78 Å². The third-order valence-electron chi connectivity index (χ3n) is 2.78. The topological polar surface area (TPSA) is 46.2 Å². The lowest BCUT2D eigenvalue weighted by molar-refractivity contribution is 0.0952. The maximum absolute atomic E-state index is 12.0. The van der Waals surface area contributed by atoms with Crippen LogP contribution < -0.4 is 5.32 Å². The molecular formula is C15H14BrNO2S. The van der Waals surface area contributed by atoms with Gasteiger partial charge in [0.05, 0.1) is 10.4 Å². The van der Waals surface area contributed by atoms with Crippen LogP contribution in [0, 0.1) is 0 Å². The van der Waals surface area contributed by atoms with Gasteiger partial charge in [-0.15, -0.1) is 11.3 Å². The van der Waals surface area contributed by atoms with Crippen molar-refractivity contribution >= 4 is 39.0 Å². The molecule has 1 heterocycles. The Kier molecular flexibility index (Phi) is 5.09. The van der Waals surface area contributed by atoms with Gasteiger partial charge >= 0.3 is 0 Å². The van der Waals surface area contributed by atoms with E-state index in [-0.39, 0.29) is 11.7 Å². The number of rotatable bonds is 5. The smallest absolute Gasteiger partial charge is 0.252 e. The predicted octanol–water partition coefficient (Wildman–Crippen LogP) is 3.69. The first-order chi connectivity index (χ1) is 9.58. The molecule has 0 saturated carbocycles. The van der Waals surface area contributed by atoms with E-state index in [9.17, 15) is 9.59 Å². The highest BCUT2D eigenvalue weighted by molar-refractivity contribution is 9.10. The van der Waals surface area contributed by atoms with Crippen LogP contribution in [-0.2, 0) is 6.42 Å². The van der Waals surface area contributed by atoms with Gasteiger partial charge < -0.3 is 5.32 Å². The molecule has 2 rings (SSSR count). The van der Waals surface area contributed by atoms with Crippen LogP contribution in [0.25, 0.3) is 0 Å². The highest BCUT2D eigenvalue weighted by Crippen LogP contribution is 2.18. The number of thiophene rings is 1. The van der Waals surface area contributed by atoms with E-state index in [0.717, 1.165) is 20.6 Å². The molecular weight excluding hydrogens is 338 g/mol. The second kappa shape index (κ2) is 6.81. The van der Waals surface area contributed by atoms with Crippen LogP contribution in [0.5, 0.6) is 0 Å². The van der Waals surface area contributed by atoms with E-state index in [1.165, 1.54) is 11.3 Å². The molecule has 2 aromatic rings. The minimum atomic E-state index is -0.0965. The molecule has 0 saturated heterocycles. The third-order valence-corrected chi connectivity index (χ3v) is 4.72. The van der Waals surface area contributed by atoms with Gasteiger partial charge in [0.1, 0.15) is 0 Å². The van der Waals surface area contributed by atoms with Crippen molar-refractivity contribution < 1.29 is 9.59 Å². The van der Waals surface area contributed by atoms with Crippen molar-refractivity contribution in [1.29, 1.82) is 0 Å². The molecule has 1 N–H and O–H groups in total. The van der Waals surface area contributed by atoms with Crippen molar-refractivity contribution in [3.05, 3.63) is 56.2 Å². The highest BCUT2D eigenvalue weighted by Gasteiger charge is 2.09. The molecule has 0 aliphatic heterocycles. The van der Waals surface area contributed by atoms with E-state index in [1.807, 2.05) is 30.3 Å². The molecule has 5 heteroatoms. The largest absolute Gasteiger partial charge is 0.352 e. The van der Waals surface area contributed by atoms with Gasteiger partial charge in [0.2, 0.25) is 0 Å². The zero-order valence-corrected chi connectivity index (χ0v) is 13.4. The van der Waals surface area contributed by atoms with Crippen LogP contribution in [0.15, 0.2) is 40.9 Å².